The molecule has 1 heterocycles. The molecule has 0 atom stereocenters. The van der Waals surface area contributed by atoms with E-state index < -0.39 is 9.84 Å². The average molecular weight is 480 g/mol. The fraction of sp³-hybridized carbons (Fsp3) is 0.333. The van der Waals surface area contributed by atoms with Crippen molar-refractivity contribution in [1.82, 2.24) is 15.6 Å². The Morgan fingerprint density at radius 1 is 1.25 bits per heavy atom. The first-order valence-electron chi connectivity index (χ1n) is 7.15. The van der Waals surface area contributed by atoms with Gasteiger partial charge in [0, 0.05) is 24.7 Å². The van der Waals surface area contributed by atoms with Gasteiger partial charge in [0.25, 0.3) is 0 Å². The zero-order valence-electron chi connectivity index (χ0n) is 13.5. The van der Waals surface area contributed by atoms with Crippen LogP contribution in [0.2, 0.25) is 0 Å². The molecule has 0 amide bonds. The van der Waals surface area contributed by atoms with Crippen LogP contribution in [0.25, 0.3) is 0 Å². The number of rotatable bonds is 6. The smallest absolute Gasteiger partial charge is 0.191 e. The fourth-order valence-corrected chi connectivity index (χ4v) is 3.82. The number of hydrogen-bond donors (Lipinski definition) is 2. The second kappa shape index (κ2) is 9.94. The van der Waals surface area contributed by atoms with Crippen LogP contribution >= 0.6 is 35.3 Å². The number of halogens is 1. The van der Waals surface area contributed by atoms with Crippen LogP contribution in [0.4, 0.5) is 0 Å². The molecule has 0 aliphatic rings. The van der Waals surface area contributed by atoms with Gasteiger partial charge >= 0.3 is 0 Å². The van der Waals surface area contributed by atoms with E-state index in [9.17, 15) is 8.42 Å². The van der Waals surface area contributed by atoms with E-state index in [1.54, 1.807) is 48.7 Å². The number of aryl methyl sites for hydroxylation is 1. The summed E-state index contributed by atoms with van der Waals surface area (Å²) in [7, 11) is -1.64. The highest BCUT2D eigenvalue weighted by molar-refractivity contribution is 14.0. The third-order valence-electron chi connectivity index (χ3n) is 3.07. The number of guanidine groups is 1. The first kappa shape index (κ1) is 20.8. The Morgan fingerprint density at radius 2 is 1.96 bits per heavy atom. The summed E-state index contributed by atoms with van der Waals surface area (Å²) in [6.45, 7) is 2.85. The standard InChI is InChI=1S/C15H20N4O2S2.HI/c1-12-10-18-14(22-12)11-19-15(16-2)17-8-9-23(20,21)13-6-4-3-5-7-13;/h3-7,10H,8-9,11H2,1-2H3,(H2,16,17,19);1H. The number of aromatic nitrogens is 1. The van der Waals surface area contributed by atoms with Gasteiger partial charge in [0.1, 0.15) is 5.01 Å². The molecule has 0 aliphatic heterocycles. The summed E-state index contributed by atoms with van der Waals surface area (Å²) in [5.74, 6) is 0.565. The van der Waals surface area contributed by atoms with Gasteiger partial charge in [-0.2, -0.15) is 0 Å². The van der Waals surface area contributed by atoms with Crippen molar-refractivity contribution in [2.45, 2.75) is 18.4 Å². The molecule has 2 rings (SSSR count). The Labute approximate surface area is 163 Å². The first-order chi connectivity index (χ1) is 11.0. The third kappa shape index (κ3) is 6.36. The van der Waals surface area contributed by atoms with Crippen molar-refractivity contribution in [3.8, 4) is 0 Å². The third-order valence-corrected chi connectivity index (χ3v) is 5.71. The minimum Gasteiger partial charge on any atom is -0.355 e. The van der Waals surface area contributed by atoms with E-state index in [-0.39, 0.29) is 36.3 Å². The summed E-state index contributed by atoms with van der Waals surface area (Å²) in [6, 6.07) is 8.44. The monoisotopic (exact) mass is 480 g/mol. The predicted molar refractivity (Wildman–Crippen MR) is 109 cm³/mol. The summed E-state index contributed by atoms with van der Waals surface area (Å²) in [5, 5.41) is 7.09. The zero-order chi connectivity index (χ0) is 16.7. The number of hydrogen-bond acceptors (Lipinski definition) is 5. The Morgan fingerprint density at radius 3 is 2.54 bits per heavy atom. The molecule has 1 aromatic carbocycles. The molecular formula is C15H21IN4O2S2. The Balaban J connectivity index is 0.00000288. The maximum Gasteiger partial charge on any atom is 0.191 e. The molecule has 6 nitrogen and oxygen atoms in total. The van der Waals surface area contributed by atoms with Gasteiger partial charge in [0.2, 0.25) is 0 Å². The lowest BCUT2D eigenvalue weighted by molar-refractivity contribution is 0.594. The van der Waals surface area contributed by atoms with Crippen LogP contribution in [-0.2, 0) is 16.4 Å². The summed E-state index contributed by atoms with van der Waals surface area (Å²) >= 11 is 1.61. The summed E-state index contributed by atoms with van der Waals surface area (Å²) in [5.41, 5.74) is 0. The zero-order valence-corrected chi connectivity index (χ0v) is 17.5. The van der Waals surface area contributed by atoms with Crippen LogP contribution in [0, 0.1) is 6.92 Å². The van der Waals surface area contributed by atoms with E-state index in [1.165, 1.54) is 0 Å². The Hall–Kier alpha value is -1.20. The second-order valence-electron chi connectivity index (χ2n) is 4.85. The molecule has 1 aromatic heterocycles. The first-order valence-corrected chi connectivity index (χ1v) is 9.62. The maximum atomic E-state index is 12.2. The molecule has 24 heavy (non-hydrogen) atoms. The Bertz CT molecular complexity index is 761. The van der Waals surface area contributed by atoms with Crippen LogP contribution in [0.5, 0.6) is 0 Å². The van der Waals surface area contributed by atoms with E-state index in [0.29, 0.717) is 17.4 Å². The van der Waals surface area contributed by atoms with Crippen molar-refractivity contribution in [2.24, 2.45) is 4.99 Å². The van der Waals surface area contributed by atoms with Crippen molar-refractivity contribution in [2.75, 3.05) is 19.3 Å². The summed E-state index contributed by atoms with van der Waals surface area (Å²) in [4.78, 5) is 9.82. The molecule has 2 N–H and O–H groups in total. The minimum atomic E-state index is -3.28. The number of nitrogens with zero attached hydrogens (tertiary/aromatic N) is 2. The Kier molecular flexibility index (Phi) is 8.63. The predicted octanol–water partition coefficient (Wildman–Crippen LogP) is 2.21. The van der Waals surface area contributed by atoms with Gasteiger partial charge in [-0.25, -0.2) is 13.4 Å². The minimum absolute atomic E-state index is 0. The van der Waals surface area contributed by atoms with E-state index in [0.717, 1.165) is 9.88 Å². The average Bonchev–Trinajstić information content (AvgIpc) is 2.97. The van der Waals surface area contributed by atoms with Crippen LogP contribution in [0.3, 0.4) is 0 Å². The second-order valence-corrected chi connectivity index (χ2v) is 8.28. The van der Waals surface area contributed by atoms with Gasteiger partial charge in [-0.3, -0.25) is 4.99 Å². The van der Waals surface area contributed by atoms with Crippen LogP contribution < -0.4 is 10.6 Å². The number of aliphatic imine (C=N–C) groups is 1. The van der Waals surface area contributed by atoms with Gasteiger partial charge in [-0.15, -0.1) is 35.3 Å². The highest BCUT2D eigenvalue weighted by Gasteiger charge is 2.13. The fourth-order valence-electron chi connectivity index (χ4n) is 1.91. The van der Waals surface area contributed by atoms with Gasteiger partial charge in [0.05, 0.1) is 17.2 Å². The lowest BCUT2D eigenvalue weighted by atomic mass is 10.4. The lowest BCUT2D eigenvalue weighted by Crippen LogP contribution is -2.39. The molecule has 0 bridgehead atoms. The molecule has 2 aromatic rings. The van der Waals surface area contributed by atoms with Gasteiger partial charge in [-0.05, 0) is 19.1 Å². The topological polar surface area (TPSA) is 83.5 Å². The lowest BCUT2D eigenvalue weighted by Gasteiger charge is -2.11. The quantitative estimate of drug-likeness (QED) is 0.377. The summed E-state index contributed by atoms with van der Waals surface area (Å²) in [6.07, 6.45) is 1.82. The van der Waals surface area contributed by atoms with Gasteiger partial charge < -0.3 is 10.6 Å². The number of benzene rings is 1. The normalized spacial score (nSPS) is 11.7. The number of thiazole rings is 1. The summed E-state index contributed by atoms with van der Waals surface area (Å²) < 4.78 is 24.4. The SMILES string of the molecule is CN=C(NCCS(=O)(=O)c1ccccc1)NCc1ncc(C)s1.I. The molecule has 0 saturated carbocycles. The molecular weight excluding hydrogens is 459 g/mol. The molecule has 9 heteroatoms. The van der Waals surface area contributed by atoms with Crippen LogP contribution in [-0.4, -0.2) is 38.7 Å². The molecule has 0 saturated heterocycles. The van der Waals surface area contributed by atoms with Crippen molar-refractivity contribution in [1.29, 1.82) is 0 Å². The van der Waals surface area contributed by atoms with E-state index in [1.807, 2.05) is 13.1 Å². The van der Waals surface area contributed by atoms with Crippen LogP contribution in [0.1, 0.15) is 9.88 Å². The molecule has 0 aliphatic carbocycles. The molecule has 0 unspecified atom stereocenters. The van der Waals surface area contributed by atoms with Crippen molar-refractivity contribution >= 4 is 51.1 Å². The highest BCUT2D eigenvalue weighted by atomic mass is 127. The molecule has 0 fully saturated rings. The largest absolute Gasteiger partial charge is 0.355 e. The van der Waals surface area contributed by atoms with Gasteiger partial charge in [0.15, 0.2) is 15.8 Å². The van der Waals surface area contributed by atoms with E-state index >= 15 is 0 Å². The van der Waals surface area contributed by atoms with E-state index in [2.05, 4.69) is 20.6 Å². The van der Waals surface area contributed by atoms with E-state index in [4.69, 9.17) is 0 Å². The molecule has 0 spiro atoms. The van der Waals surface area contributed by atoms with Gasteiger partial charge in [-0.1, -0.05) is 18.2 Å². The number of nitrogens with one attached hydrogen (secondary N) is 2. The maximum absolute atomic E-state index is 12.2. The molecule has 132 valence electrons. The molecule has 0 radical (unpaired) electrons. The van der Waals surface area contributed by atoms with Crippen molar-refractivity contribution in [3.63, 3.8) is 0 Å². The van der Waals surface area contributed by atoms with Crippen molar-refractivity contribution in [3.05, 3.63) is 46.4 Å². The highest BCUT2D eigenvalue weighted by Crippen LogP contribution is 2.10. The van der Waals surface area contributed by atoms with Crippen LogP contribution in [0.15, 0.2) is 46.4 Å². The van der Waals surface area contributed by atoms with Crippen molar-refractivity contribution < 1.29 is 8.42 Å². The number of sulfone groups is 1.